The summed E-state index contributed by atoms with van der Waals surface area (Å²) < 4.78 is 5.76. The maximum absolute atomic E-state index is 5.76. The van der Waals surface area contributed by atoms with Gasteiger partial charge in [-0.1, -0.05) is 18.2 Å². The molecule has 0 saturated carbocycles. The Morgan fingerprint density at radius 2 is 1.90 bits per heavy atom. The number of hydrogen-bond acceptors (Lipinski definition) is 3. The number of anilines is 2. The van der Waals surface area contributed by atoms with E-state index in [9.17, 15) is 0 Å². The van der Waals surface area contributed by atoms with E-state index >= 15 is 0 Å². The molecule has 0 radical (unpaired) electrons. The van der Waals surface area contributed by atoms with Gasteiger partial charge < -0.3 is 15.4 Å². The number of para-hydroxylation sites is 1. The van der Waals surface area contributed by atoms with Crippen molar-refractivity contribution in [2.45, 2.75) is 25.8 Å². The molecule has 0 fully saturated rings. The Kier molecular flexibility index (Phi) is 4.00. The Balaban J connectivity index is 1.50. The number of benzene rings is 2. The van der Waals surface area contributed by atoms with Crippen LogP contribution in [0.15, 0.2) is 48.5 Å². The van der Waals surface area contributed by atoms with Crippen molar-refractivity contribution in [2.75, 3.05) is 23.8 Å². The molecule has 0 spiro atoms. The van der Waals surface area contributed by atoms with Gasteiger partial charge in [-0.3, -0.25) is 0 Å². The lowest BCUT2D eigenvalue weighted by molar-refractivity contribution is 0.311. The van der Waals surface area contributed by atoms with E-state index in [2.05, 4.69) is 36.1 Å². The van der Waals surface area contributed by atoms with E-state index in [1.807, 2.05) is 24.3 Å². The van der Waals surface area contributed by atoms with Crippen LogP contribution < -0.4 is 15.4 Å². The zero-order valence-electron chi connectivity index (χ0n) is 12.5. The molecule has 0 aliphatic carbocycles. The van der Waals surface area contributed by atoms with Crippen molar-refractivity contribution >= 4 is 11.4 Å². The van der Waals surface area contributed by atoms with Gasteiger partial charge in [0.2, 0.25) is 0 Å². The minimum absolute atomic E-state index is 0.582. The van der Waals surface area contributed by atoms with E-state index in [0.29, 0.717) is 6.04 Å². The molecule has 1 atom stereocenters. The molecule has 1 heterocycles. The maximum atomic E-state index is 5.76. The second kappa shape index (κ2) is 6.08. The van der Waals surface area contributed by atoms with Crippen LogP contribution >= 0.6 is 0 Å². The fourth-order valence-corrected chi connectivity index (χ4v) is 2.96. The molecule has 21 heavy (non-hydrogen) atoms. The number of rotatable bonds is 5. The molecular formula is C18H22N2O. The molecule has 0 amide bonds. The van der Waals surface area contributed by atoms with Crippen molar-refractivity contribution in [1.29, 1.82) is 0 Å². The molecule has 2 N–H and O–H groups in total. The topological polar surface area (TPSA) is 38.5 Å². The van der Waals surface area contributed by atoms with Crippen molar-refractivity contribution in [3.05, 3.63) is 54.1 Å². The molecule has 1 aliphatic rings. The van der Waals surface area contributed by atoms with E-state index < -0.39 is 0 Å². The zero-order chi connectivity index (χ0) is 14.7. The minimum Gasteiger partial charge on any atom is -0.494 e. The Labute approximate surface area is 126 Å². The zero-order valence-corrected chi connectivity index (χ0v) is 12.5. The van der Waals surface area contributed by atoms with E-state index in [1.54, 1.807) is 0 Å². The van der Waals surface area contributed by atoms with E-state index in [4.69, 9.17) is 10.5 Å². The normalized spacial score (nSPS) is 16.8. The highest BCUT2D eigenvalue weighted by Gasteiger charge is 2.24. The van der Waals surface area contributed by atoms with Gasteiger partial charge >= 0.3 is 0 Å². The summed E-state index contributed by atoms with van der Waals surface area (Å²) in [6.07, 6.45) is 2.16. The molecule has 3 heteroatoms. The summed E-state index contributed by atoms with van der Waals surface area (Å²) in [6.45, 7) is 4.06. The van der Waals surface area contributed by atoms with E-state index in [1.165, 1.54) is 11.3 Å². The van der Waals surface area contributed by atoms with Crippen LogP contribution in [-0.4, -0.2) is 19.2 Å². The van der Waals surface area contributed by atoms with Gasteiger partial charge in [0.05, 0.1) is 6.61 Å². The van der Waals surface area contributed by atoms with Crippen LogP contribution in [0.3, 0.4) is 0 Å². The van der Waals surface area contributed by atoms with Crippen molar-refractivity contribution in [3.8, 4) is 5.75 Å². The van der Waals surface area contributed by atoms with Gasteiger partial charge in [-0.15, -0.1) is 0 Å². The maximum Gasteiger partial charge on any atom is 0.119 e. The smallest absolute Gasteiger partial charge is 0.119 e. The van der Waals surface area contributed by atoms with Crippen LogP contribution in [0.2, 0.25) is 0 Å². The van der Waals surface area contributed by atoms with Crippen molar-refractivity contribution in [1.82, 2.24) is 0 Å². The number of hydrogen-bond donors (Lipinski definition) is 1. The second-order valence-corrected chi connectivity index (χ2v) is 5.65. The summed E-state index contributed by atoms with van der Waals surface area (Å²) in [4.78, 5) is 2.49. The monoisotopic (exact) mass is 282 g/mol. The summed E-state index contributed by atoms with van der Waals surface area (Å²) >= 11 is 0. The third-order valence-corrected chi connectivity index (χ3v) is 4.04. The molecular weight excluding hydrogens is 260 g/mol. The van der Waals surface area contributed by atoms with Crippen LogP contribution in [0.4, 0.5) is 11.4 Å². The highest BCUT2D eigenvalue weighted by Crippen LogP contribution is 2.31. The molecule has 0 bridgehead atoms. The van der Waals surface area contributed by atoms with Crippen LogP contribution in [0.1, 0.15) is 18.9 Å². The summed E-state index contributed by atoms with van der Waals surface area (Å²) in [5.41, 5.74) is 9.28. The molecule has 3 nitrogen and oxygen atoms in total. The van der Waals surface area contributed by atoms with Gasteiger partial charge in [-0.05, 0) is 55.7 Å². The largest absolute Gasteiger partial charge is 0.494 e. The van der Waals surface area contributed by atoms with Gasteiger partial charge in [0, 0.05) is 24.0 Å². The van der Waals surface area contributed by atoms with E-state index in [0.717, 1.165) is 37.4 Å². The first-order chi connectivity index (χ1) is 10.2. The first-order valence-corrected chi connectivity index (χ1v) is 7.57. The number of fused-ring (bicyclic) bond motifs is 1. The average molecular weight is 282 g/mol. The molecule has 0 aromatic heterocycles. The van der Waals surface area contributed by atoms with Gasteiger partial charge in [0.15, 0.2) is 0 Å². The molecule has 110 valence electrons. The molecule has 0 saturated heterocycles. The van der Waals surface area contributed by atoms with Crippen LogP contribution in [0.5, 0.6) is 5.75 Å². The standard InChI is InChI=1S/C18H22N2O/c1-14-13-15-5-2-3-6-18(15)20(14)11-4-12-21-17-9-7-16(19)8-10-17/h2-3,5-10,14H,4,11-13,19H2,1H3. The SMILES string of the molecule is CC1Cc2ccccc2N1CCCOc1ccc(N)cc1. The van der Waals surface area contributed by atoms with Crippen LogP contribution in [0.25, 0.3) is 0 Å². The van der Waals surface area contributed by atoms with Crippen molar-refractivity contribution < 1.29 is 4.74 Å². The first kappa shape index (κ1) is 13.8. The highest BCUT2D eigenvalue weighted by atomic mass is 16.5. The fourth-order valence-electron chi connectivity index (χ4n) is 2.96. The summed E-state index contributed by atoms with van der Waals surface area (Å²) in [5, 5.41) is 0. The van der Waals surface area contributed by atoms with Crippen LogP contribution in [-0.2, 0) is 6.42 Å². The van der Waals surface area contributed by atoms with E-state index in [-0.39, 0.29) is 0 Å². The molecule has 2 aromatic carbocycles. The Hall–Kier alpha value is -2.16. The van der Waals surface area contributed by atoms with Crippen LogP contribution in [0, 0.1) is 0 Å². The Bertz CT molecular complexity index is 594. The number of nitrogens with two attached hydrogens (primary N) is 1. The van der Waals surface area contributed by atoms with Crippen molar-refractivity contribution in [3.63, 3.8) is 0 Å². The average Bonchev–Trinajstić information content (AvgIpc) is 2.81. The number of nitrogen functional groups attached to an aromatic ring is 1. The lowest BCUT2D eigenvalue weighted by atomic mass is 10.1. The predicted molar refractivity (Wildman–Crippen MR) is 87.9 cm³/mol. The summed E-state index contributed by atoms with van der Waals surface area (Å²) in [5.74, 6) is 0.888. The molecule has 1 unspecified atom stereocenters. The van der Waals surface area contributed by atoms with Crippen molar-refractivity contribution in [2.24, 2.45) is 0 Å². The summed E-state index contributed by atoms with van der Waals surface area (Å²) in [7, 11) is 0. The molecule has 1 aliphatic heterocycles. The quantitative estimate of drug-likeness (QED) is 0.674. The van der Waals surface area contributed by atoms with Gasteiger partial charge in [0.1, 0.15) is 5.75 Å². The lowest BCUT2D eigenvalue weighted by Gasteiger charge is -2.24. The van der Waals surface area contributed by atoms with Gasteiger partial charge in [-0.25, -0.2) is 0 Å². The van der Waals surface area contributed by atoms with Gasteiger partial charge in [-0.2, -0.15) is 0 Å². The number of ether oxygens (including phenoxy) is 1. The first-order valence-electron chi connectivity index (χ1n) is 7.57. The number of nitrogens with zero attached hydrogens (tertiary/aromatic N) is 1. The highest BCUT2D eigenvalue weighted by molar-refractivity contribution is 5.59. The fraction of sp³-hybridized carbons (Fsp3) is 0.333. The molecule has 2 aromatic rings. The Morgan fingerprint density at radius 1 is 1.14 bits per heavy atom. The Morgan fingerprint density at radius 3 is 2.71 bits per heavy atom. The minimum atomic E-state index is 0.582. The summed E-state index contributed by atoms with van der Waals surface area (Å²) in [6, 6.07) is 16.9. The lowest BCUT2D eigenvalue weighted by Crippen LogP contribution is -2.31. The third-order valence-electron chi connectivity index (χ3n) is 4.04. The molecule has 3 rings (SSSR count). The third kappa shape index (κ3) is 3.13. The second-order valence-electron chi connectivity index (χ2n) is 5.65. The van der Waals surface area contributed by atoms with Gasteiger partial charge in [0.25, 0.3) is 0 Å². The predicted octanol–water partition coefficient (Wildman–Crippen LogP) is 3.49.